The van der Waals surface area contributed by atoms with E-state index in [1.807, 2.05) is 42.5 Å². The second kappa shape index (κ2) is 6.76. The molecule has 0 amide bonds. The molecule has 0 fully saturated rings. The fourth-order valence-electron chi connectivity index (χ4n) is 3.13. The molecule has 1 unspecified atom stereocenters. The number of aryl methyl sites for hydroxylation is 1. The van der Waals surface area contributed by atoms with Crippen LogP contribution in [-0.4, -0.2) is 21.2 Å². The van der Waals surface area contributed by atoms with E-state index in [1.165, 1.54) is 21.4 Å². The van der Waals surface area contributed by atoms with Crippen LogP contribution in [0.25, 0.3) is 11.0 Å². The molecular weight excluding hydrogens is 374 g/mol. The first-order valence-corrected chi connectivity index (χ1v) is 9.91. The van der Waals surface area contributed by atoms with Gasteiger partial charge in [0.05, 0.1) is 4.53 Å². The van der Waals surface area contributed by atoms with Crippen molar-refractivity contribution in [3.63, 3.8) is 0 Å². The molecule has 0 saturated carbocycles. The van der Waals surface area contributed by atoms with Gasteiger partial charge in [0.1, 0.15) is 6.61 Å². The summed E-state index contributed by atoms with van der Waals surface area (Å²) in [5, 5.41) is 4.38. The Bertz CT molecular complexity index is 1260. The maximum atomic E-state index is 12.7. The van der Waals surface area contributed by atoms with Crippen molar-refractivity contribution in [3.05, 3.63) is 80.4 Å². The first kappa shape index (κ1) is 16.9. The van der Waals surface area contributed by atoms with Gasteiger partial charge in [0.15, 0.2) is 23.4 Å². The lowest BCUT2D eigenvalue weighted by molar-refractivity contribution is 0.0852. The third-order valence-electron chi connectivity index (χ3n) is 4.68. The van der Waals surface area contributed by atoms with Crippen molar-refractivity contribution in [2.24, 2.45) is 0 Å². The van der Waals surface area contributed by atoms with E-state index in [1.54, 1.807) is 0 Å². The maximum absolute atomic E-state index is 12.7. The number of fused-ring (bicyclic) bond motifs is 2. The van der Waals surface area contributed by atoms with Gasteiger partial charge in [0.2, 0.25) is 4.96 Å². The number of ether oxygens (including phenoxy) is 2. The molecule has 6 nitrogen and oxygen atoms in total. The first-order chi connectivity index (χ1) is 13.7. The van der Waals surface area contributed by atoms with Crippen molar-refractivity contribution < 1.29 is 9.47 Å². The number of para-hydroxylation sites is 2. The van der Waals surface area contributed by atoms with Crippen LogP contribution in [-0.2, 0) is 6.42 Å². The number of rotatable bonds is 3. The number of hydrogen-bond donors (Lipinski definition) is 0. The minimum absolute atomic E-state index is 0.171. The maximum Gasteiger partial charge on any atom is 0.291 e. The van der Waals surface area contributed by atoms with Gasteiger partial charge in [-0.1, -0.05) is 54.7 Å². The van der Waals surface area contributed by atoms with Crippen LogP contribution in [0.4, 0.5) is 0 Å². The van der Waals surface area contributed by atoms with Crippen molar-refractivity contribution in [3.8, 4) is 11.5 Å². The van der Waals surface area contributed by atoms with Crippen LogP contribution >= 0.6 is 11.3 Å². The quantitative estimate of drug-likeness (QED) is 0.537. The van der Waals surface area contributed by atoms with E-state index in [4.69, 9.17) is 9.47 Å². The van der Waals surface area contributed by atoms with Crippen LogP contribution in [0.1, 0.15) is 30.0 Å². The standard InChI is InChI=1S/C21H17N3O3S/c1-2-13-7-9-14(10-8-13)11-18-20(25)24-21(28-18)22-19(23-24)17-12-26-15-5-3-4-6-16(15)27-17/h3-11,17H,2,12H2,1H3/b18-11+. The third-order valence-corrected chi connectivity index (χ3v) is 5.64. The van der Waals surface area contributed by atoms with Crippen molar-refractivity contribution in [1.29, 1.82) is 0 Å². The van der Waals surface area contributed by atoms with Crippen LogP contribution < -0.4 is 19.6 Å². The molecule has 28 heavy (non-hydrogen) atoms. The minimum atomic E-state index is -0.435. The summed E-state index contributed by atoms with van der Waals surface area (Å²) < 4.78 is 13.6. The van der Waals surface area contributed by atoms with E-state index in [-0.39, 0.29) is 5.56 Å². The lowest BCUT2D eigenvalue weighted by Gasteiger charge is -2.24. The molecule has 140 valence electrons. The van der Waals surface area contributed by atoms with Crippen LogP contribution in [0.15, 0.2) is 53.3 Å². The van der Waals surface area contributed by atoms with Crippen molar-refractivity contribution in [2.75, 3.05) is 6.61 Å². The molecule has 1 atom stereocenters. The summed E-state index contributed by atoms with van der Waals surface area (Å²) in [4.78, 5) is 17.8. The molecule has 2 aromatic carbocycles. The van der Waals surface area contributed by atoms with Crippen LogP contribution in [0.2, 0.25) is 0 Å². The molecule has 0 saturated heterocycles. The molecule has 0 N–H and O–H groups in total. The van der Waals surface area contributed by atoms with Gasteiger partial charge >= 0.3 is 0 Å². The lowest BCUT2D eigenvalue weighted by Crippen LogP contribution is -2.26. The summed E-state index contributed by atoms with van der Waals surface area (Å²) in [5.74, 6) is 1.82. The molecule has 7 heteroatoms. The SMILES string of the molecule is CCc1ccc(/C=c2/sc3nc(C4COc5ccccc5O4)nn3c2=O)cc1. The second-order valence-corrected chi connectivity index (χ2v) is 7.55. The molecule has 0 aliphatic carbocycles. The van der Waals surface area contributed by atoms with Gasteiger partial charge in [0.25, 0.3) is 5.56 Å². The van der Waals surface area contributed by atoms with E-state index in [0.717, 1.165) is 12.0 Å². The predicted molar refractivity (Wildman–Crippen MR) is 107 cm³/mol. The van der Waals surface area contributed by atoms with Gasteiger partial charge in [-0.3, -0.25) is 4.79 Å². The first-order valence-electron chi connectivity index (χ1n) is 9.10. The number of nitrogens with zero attached hydrogens (tertiary/aromatic N) is 3. The van der Waals surface area contributed by atoms with Crippen molar-refractivity contribution in [2.45, 2.75) is 19.4 Å². The van der Waals surface area contributed by atoms with Crippen LogP contribution in [0.5, 0.6) is 11.5 Å². The van der Waals surface area contributed by atoms with Gasteiger partial charge < -0.3 is 9.47 Å². The molecule has 0 bridgehead atoms. The fourth-order valence-corrected chi connectivity index (χ4v) is 4.05. The molecule has 1 aliphatic rings. The Morgan fingerprint density at radius 1 is 1.18 bits per heavy atom. The highest BCUT2D eigenvalue weighted by Gasteiger charge is 2.26. The zero-order valence-corrected chi connectivity index (χ0v) is 16.0. The summed E-state index contributed by atoms with van der Waals surface area (Å²) in [7, 11) is 0. The number of hydrogen-bond acceptors (Lipinski definition) is 6. The van der Waals surface area contributed by atoms with Gasteiger partial charge in [-0.05, 0) is 35.8 Å². The molecule has 4 aromatic rings. The summed E-state index contributed by atoms with van der Waals surface area (Å²) in [6.07, 6.45) is 2.43. The highest BCUT2D eigenvalue weighted by Crippen LogP contribution is 2.35. The Kier molecular flexibility index (Phi) is 4.09. The van der Waals surface area contributed by atoms with E-state index in [0.29, 0.717) is 33.4 Å². The molecule has 5 rings (SSSR count). The van der Waals surface area contributed by atoms with Gasteiger partial charge in [-0.2, -0.15) is 9.50 Å². The van der Waals surface area contributed by atoms with Crippen molar-refractivity contribution in [1.82, 2.24) is 14.6 Å². The van der Waals surface area contributed by atoms with Crippen molar-refractivity contribution >= 4 is 22.4 Å². The average molecular weight is 391 g/mol. The molecule has 0 radical (unpaired) electrons. The number of benzene rings is 2. The topological polar surface area (TPSA) is 65.7 Å². The normalized spacial score (nSPS) is 16.6. The molecule has 0 spiro atoms. The fraction of sp³-hybridized carbons (Fsp3) is 0.190. The predicted octanol–water partition coefficient (Wildman–Crippen LogP) is 2.77. The average Bonchev–Trinajstić information content (AvgIpc) is 3.28. The molecule has 1 aliphatic heterocycles. The summed E-state index contributed by atoms with van der Waals surface area (Å²) in [5.41, 5.74) is 2.08. The Balaban J connectivity index is 1.47. The Labute approximate surface area is 164 Å². The van der Waals surface area contributed by atoms with Crippen LogP contribution in [0, 0.1) is 0 Å². The second-order valence-electron chi connectivity index (χ2n) is 6.54. The largest absolute Gasteiger partial charge is 0.485 e. The lowest BCUT2D eigenvalue weighted by atomic mass is 10.1. The number of thiazole rings is 1. The van der Waals surface area contributed by atoms with E-state index in [9.17, 15) is 4.79 Å². The zero-order chi connectivity index (χ0) is 19.1. The summed E-state index contributed by atoms with van der Waals surface area (Å²) in [6, 6.07) is 15.7. The summed E-state index contributed by atoms with van der Waals surface area (Å²) in [6.45, 7) is 2.43. The van der Waals surface area contributed by atoms with Crippen LogP contribution in [0.3, 0.4) is 0 Å². The molecule has 2 aromatic heterocycles. The van der Waals surface area contributed by atoms with E-state index >= 15 is 0 Å². The highest BCUT2D eigenvalue weighted by atomic mass is 32.1. The van der Waals surface area contributed by atoms with Gasteiger partial charge in [-0.15, -0.1) is 5.10 Å². The third kappa shape index (κ3) is 2.93. The van der Waals surface area contributed by atoms with Gasteiger partial charge in [0, 0.05) is 0 Å². The minimum Gasteiger partial charge on any atom is -0.485 e. The smallest absolute Gasteiger partial charge is 0.291 e. The molecular formula is C21H17N3O3S. The van der Waals surface area contributed by atoms with E-state index in [2.05, 4.69) is 29.1 Å². The Morgan fingerprint density at radius 3 is 2.71 bits per heavy atom. The molecule has 3 heterocycles. The number of aromatic nitrogens is 3. The van der Waals surface area contributed by atoms with E-state index < -0.39 is 6.10 Å². The zero-order valence-electron chi connectivity index (χ0n) is 15.2. The Morgan fingerprint density at radius 2 is 1.96 bits per heavy atom. The summed E-state index contributed by atoms with van der Waals surface area (Å²) >= 11 is 1.32. The highest BCUT2D eigenvalue weighted by molar-refractivity contribution is 7.15. The monoisotopic (exact) mass is 391 g/mol. The Hall–Kier alpha value is -3.19. The van der Waals surface area contributed by atoms with Gasteiger partial charge in [-0.25, -0.2) is 0 Å².